The maximum absolute atomic E-state index is 12.0. The second-order valence-corrected chi connectivity index (χ2v) is 5.44. The summed E-state index contributed by atoms with van der Waals surface area (Å²) in [4.78, 5) is 17.9. The molecule has 15 heavy (non-hydrogen) atoms. The number of carbonyl (C=O) groups is 1. The van der Waals surface area contributed by atoms with Crippen molar-refractivity contribution in [1.82, 2.24) is 9.88 Å². The minimum absolute atomic E-state index is 0.0189. The number of carbonyl (C=O) groups excluding carboxylic acids is 1. The molecule has 1 aliphatic heterocycles. The molecule has 1 fully saturated rings. The standard InChI is InChI=1S/C9H13N3OS2/c10-9-11-7(6-15-9)8(13)12-2-1-4-14-5-3-12/h6H,1-5H2,(H2,10,11). The van der Waals surface area contributed by atoms with Crippen LogP contribution in [0.2, 0.25) is 0 Å². The molecule has 82 valence electrons. The third-order valence-electron chi connectivity index (χ3n) is 2.25. The predicted octanol–water partition coefficient (Wildman–Crippen LogP) is 1.30. The van der Waals surface area contributed by atoms with Gasteiger partial charge in [0.05, 0.1) is 0 Å². The number of nitrogens with zero attached hydrogens (tertiary/aromatic N) is 2. The highest BCUT2D eigenvalue weighted by Crippen LogP contribution is 2.16. The first-order valence-electron chi connectivity index (χ1n) is 4.85. The van der Waals surface area contributed by atoms with Gasteiger partial charge >= 0.3 is 0 Å². The van der Waals surface area contributed by atoms with Crippen LogP contribution in [0.5, 0.6) is 0 Å². The van der Waals surface area contributed by atoms with Crippen molar-refractivity contribution in [2.75, 3.05) is 30.3 Å². The summed E-state index contributed by atoms with van der Waals surface area (Å²) in [5.74, 6) is 2.18. The average Bonchev–Trinajstić information content (AvgIpc) is 2.53. The monoisotopic (exact) mass is 243 g/mol. The summed E-state index contributed by atoms with van der Waals surface area (Å²) in [5, 5.41) is 2.19. The molecule has 2 heterocycles. The average molecular weight is 243 g/mol. The van der Waals surface area contributed by atoms with Crippen LogP contribution >= 0.6 is 23.1 Å². The van der Waals surface area contributed by atoms with E-state index >= 15 is 0 Å². The zero-order valence-electron chi connectivity index (χ0n) is 8.31. The lowest BCUT2D eigenvalue weighted by atomic mass is 10.3. The largest absolute Gasteiger partial charge is 0.375 e. The molecule has 0 bridgehead atoms. The molecule has 0 atom stereocenters. The van der Waals surface area contributed by atoms with Crippen LogP contribution in [0.4, 0.5) is 5.13 Å². The molecule has 1 amide bonds. The van der Waals surface area contributed by atoms with Crippen molar-refractivity contribution in [3.05, 3.63) is 11.1 Å². The Kier molecular flexibility index (Phi) is 3.48. The highest BCUT2D eigenvalue weighted by Gasteiger charge is 2.19. The fourth-order valence-corrected chi connectivity index (χ4v) is 2.92. The number of hydrogen-bond donors (Lipinski definition) is 1. The van der Waals surface area contributed by atoms with Crippen molar-refractivity contribution < 1.29 is 4.79 Å². The zero-order chi connectivity index (χ0) is 10.7. The Labute approximate surface area is 96.9 Å². The van der Waals surface area contributed by atoms with E-state index in [0.717, 1.165) is 31.0 Å². The molecular weight excluding hydrogens is 230 g/mol. The minimum Gasteiger partial charge on any atom is -0.375 e. The van der Waals surface area contributed by atoms with Gasteiger partial charge in [0, 0.05) is 24.2 Å². The van der Waals surface area contributed by atoms with Gasteiger partial charge in [-0.1, -0.05) is 0 Å². The van der Waals surface area contributed by atoms with Gasteiger partial charge in [-0.2, -0.15) is 11.8 Å². The van der Waals surface area contributed by atoms with Crippen molar-refractivity contribution in [1.29, 1.82) is 0 Å². The predicted molar refractivity (Wildman–Crippen MR) is 64.4 cm³/mol. The number of amides is 1. The van der Waals surface area contributed by atoms with Gasteiger partial charge in [-0.3, -0.25) is 4.79 Å². The van der Waals surface area contributed by atoms with Gasteiger partial charge in [0.1, 0.15) is 5.69 Å². The van der Waals surface area contributed by atoms with Gasteiger partial charge in [0.2, 0.25) is 0 Å². The van der Waals surface area contributed by atoms with E-state index in [4.69, 9.17) is 5.73 Å². The number of nitrogens with two attached hydrogens (primary N) is 1. The smallest absolute Gasteiger partial charge is 0.273 e. The molecule has 6 heteroatoms. The molecule has 0 radical (unpaired) electrons. The lowest BCUT2D eigenvalue weighted by Crippen LogP contribution is -2.33. The highest BCUT2D eigenvalue weighted by molar-refractivity contribution is 7.99. The van der Waals surface area contributed by atoms with E-state index in [0.29, 0.717) is 10.8 Å². The topological polar surface area (TPSA) is 59.2 Å². The van der Waals surface area contributed by atoms with Crippen LogP contribution in [-0.2, 0) is 0 Å². The fraction of sp³-hybridized carbons (Fsp3) is 0.556. The van der Waals surface area contributed by atoms with Crippen LogP contribution in [0.15, 0.2) is 5.38 Å². The molecule has 0 aliphatic carbocycles. The molecule has 2 N–H and O–H groups in total. The summed E-state index contributed by atoms with van der Waals surface area (Å²) >= 11 is 3.22. The number of hydrogen-bond acceptors (Lipinski definition) is 5. The van der Waals surface area contributed by atoms with Crippen LogP contribution in [0.3, 0.4) is 0 Å². The minimum atomic E-state index is 0.0189. The third-order valence-corrected chi connectivity index (χ3v) is 3.97. The van der Waals surface area contributed by atoms with Gasteiger partial charge in [0.15, 0.2) is 5.13 Å². The number of thioether (sulfide) groups is 1. The van der Waals surface area contributed by atoms with Crippen LogP contribution in [0, 0.1) is 0 Å². The Morgan fingerprint density at radius 3 is 3.07 bits per heavy atom. The van der Waals surface area contributed by atoms with Crippen molar-refractivity contribution >= 4 is 34.1 Å². The van der Waals surface area contributed by atoms with Crippen LogP contribution in [-0.4, -0.2) is 40.4 Å². The van der Waals surface area contributed by atoms with Crippen LogP contribution in [0.1, 0.15) is 16.9 Å². The molecule has 1 aromatic heterocycles. The van der Waals surface area contributed by atoms with Crippen molar-refractivity contribution in [3.63, 3.8) is 0 Å². The van der Waals surface area contributed by atoms with E-state index in [1.807, 2.05) is 16.7 Å². The number of aromatic nitrogens is 1. The molecule has 0 saturated carbocycles. The molecule has 1 aromatic rings. The van der Waals surface area contributed by atoms with E-state index in [-0.39, 0.29) is 5.91 Å². The van der Waals surface area contributed by atoms with E-state index in [1.54, 1.807) is 5.38 Å². The zero-order valence-corrected chi connectivity index (χ0v) is 9.94. The SMILES string of the molecule is Nc1nc(C(=O)N2CCCSCC2)cs1. The first-order valence-corrected chi connectivity index (χ1v) is 6.89. The van der Waals surface area contributed by atoms with E-state index in [2.05, 4.69) is 4.98 Å². The summed E-state index contributed by atoms with van der Waals surface area (Å²) in [5.41, 5.74) is 6.00. The van der Waals surface area contributed by atoms with Crippen LogP contribution < -0.4 is 5.73 Å². The maximum Gasteiger partial charge on any atom is 0.273 e. The Morgan fingerprint density at radius 1 is 1.47 bits per heavy atom. The Morgan fingerprint density at radius 2 is 2.33 bits per heavy atom. The Bertz CT molecular complexity index is 345. The molecular formula is C9H13N3OS2. The Balaban J connectivity index is 2.06. The van der Waals surface area contributed by atoms with Crippen LogP contribution in [0.25, 0.3) is 0 Å². The molecule has 1 aliphatic rings. The van der Waals surface area contributed by atoms with E-state index < -0.39 is 0 Å². The second-order valence-electron chi connectivity index (χ2n) is 3.33. The Hall–Kier alpha value is -0.750. The quantitative estimate of drug-likeness (QED) is 0.808. The van der Waals surface area contributed by atoms with Crippen molar-refractivity contribution in [3.8, 4) is 0 Å². The molecule has 4 nitrogen and oxygen atoms in total. The summed E-state index contributed by atoms with van der Waals surface area (Å²) in [6, 6.07) is 0. The summed E-state index contributed by atoms with van der Waals surface area (Å²) in [6.07, 6.45) is 1.07. The van der Waals surface area contributed by atoms with E-state index in [1.165, 1.54) is 11.3 Å². The second kappa shape index (κ2) is 4.85. The summed E-state index contributed by atoms with van der Waals surface area (Å²) < 4.78 is 0. The lowest BCUT2D eigenvalue weighted by Gasteiger charge is -2.18. The third kappa shape index (κ3) is 2.63. The fourth-order valence-electron chi connectivity index (χ4n) is 1.50. The van der Waals surface area contributed by atoms with Gasteiger partial charge in [0.25, 0.3) is 5.91 Å². The highest BCUT2D eigenvalue weighted by atomic mass is 32.2. The maximum atomic E-state index is 12.0. The van der Waals surface area contributed by atoms with Gasteiger partial charge in [-0.05, 0) is 12.2 Å². The van der Waals surface area contributed by atoms with Crippen molar-refractivity contribution in [2.45, 2.75) is 6.42 Å². The molecule has 0 spiro atoms. The van der Waals surface area contributed by atoms with Crippen molar-refractivity contribution in [2.24, 2.45) is 0 Å². The number of anilines is 1. The van der Waals surface area contributed by atoms with Gasteiger partial charge < -0.3 is 10.6 Å². The molecule has 0 aromatic carbocycles. The van der Waals surface area contributed by atoms with Gasteiger partial charge in [-0.25, -0.2) is 4.98 Å². The molecule has 2 rings (SSSR count). The first kappa shape index (κ1) is 10.8. The van der Waals surface area contributed by atoms with Gasteiger partial charge in [-0.15, -0.1) is 11.3 Å². The molecule has 1 saturated heterocycles. The normalized spacial score (nSPS) is 17.5. The summed E-state index contributed by atoms with van der Waals surface area (Å²) in [6.45, 7) is 1.66. The number of rotatable bonds is 1. The number of thiazole rings is 1. The summed E-state index contributed by atoms with van der Waals surface area (Å²) in [7, 11) is 0. The molecule has 0 unspecified atom stereocenters. The number of nitrogen functional groups attached to an aromatic ring is 1. The lowest BCUT2D eigenvalue weighted by molar-refractivity contribution is 0.0763. The first-order chi connectivity index (χ1) is 7.27. The van der Waals surface area contributed by atoms with E-state index in [9.17, 15) is 4.79 Å².